The van der Waals surface area contributed by atoms with E-state index in [-0.39, 0.29) is 12.2 Å². The molecule has 15 heavy (non-hydrogen) atoms. The van der Waals surface area contributed by atoms with Gasteiger partial charge in [0.1, 0.15) is 5.75 Å². The predicted molar refractivity (Wildman–Crippen MR) is 54.4 cm³/mol. The summed E-state index contributed by atoms with van der Waals surface area (Å²) in [5.41, 5.74) is 1.23. The molecule has 0 fully saturated rings. The van der Waals surface area contributed by atoms with Crippen LogP contribution in [0.25, 0.3) is 0 Å². The van der Waals surface area contributed by atoms with E-state index >= 15 is 0 Å². The highest BCUT2D eigenvalue weighted by Crippen LogP contribution is 2.27. The van der Waals surface area contributed by atoms with Gasteiger partial charge in [0.25, 0.3) is 0 Å². The molecule has 0 radical (unpaired) electrons. The maximum atomic E-state index is 10.9. The van der Waals surface area contributed by atoms with Crippen LogP contribution in [0.1, 0.15) is 23.7 Å². The van der Waals surface area contributed by atoms with E-state index in [1.807, 2.05) is 6.92 Å². The predicted octanol–water partition coefficient (Wildman–Crippen LogP) is 1.30. The van der Waals surface area contributed by atoms with Gasteiger partial charge in [0.2, 0.25) is 0 Å². The van der Waals surface area contributed by atoms with Crippen LogP contribution in [0.4, 0.5) is 0 Å². The van der Waals surface area contributed by atoms with Gasteiger partial charge >= 0.3 is 5.97 Å². The Kier molecular flexibility index (Phi) is 3.68. The molecule has 2 N–H and O–H groups in total. The van der Waals surface area contributed by atoms with Gasteiger partial charge in [0, 0.05) is 5.56 Å². The topological polar surface area (TPSA) is 66.8 Å². The molecule has 4 nitrogen and oxygen atoms in total. The molecule has 0 heterocycles. The maximum Gasteiger partial charge on any atom is 0.308 e. The second-order valence-corrected chi connectivity index (χ2v) is 3.36. The number of methoxy groups -OCH3 is 1. The van der Waals surface area contributed by atoms with Crippen molar-refractivity contribution in [3.63, 3.8) is 0 Å². The zero-order chi connectivity index (χ0) is 11.4. The monoisotopic (exact) mass is 210 g/mol. The lowest BCUT2D eigenvalue weighted by Crippen LogP contribution is -2.08. The van der Waals surface area contributed by atoms with E-state index in [9.17, 15) is 15.0 Å². The zero-order valence-electron chi connectivity index (χ0n) is 8.73. The van der Waals surface area contributed by atoms with Crippen LogP contribution in [0.5, 0.6) is 5.75 Å². The number of aromatic hydroxyl groups is 1. The second kappa shape index (κ2) is 4.79. The highest BCUT2D eigenvalue weighted by Gasteiger charge is 2.16. The Morgan fingerprint density at radius 3 is 2.73 bits per heavy atom. The Bertz CT molecular complexity index is 360. The molecule has 1 aromatic rings. The number of carbonyl (C=O) groups excluding carboxylic acids is 1. The number of aliphatic hydroxyl groups is 1. The van der Waals surface area contributed by atoms with Crippen LogP contribution in [0.2, 0.25) is 0 Å². The minimum Gasteiger partial charge on any atom is -0.508 e. The van der Waals surface area contributed by atoms with Crippen molar-refractivity contribution in [1.29, 1.82) is 0 Å². The van der Waals surface area contributed by atoms with E-state index in [0.717, 1.165) is 5.56 Å². The fourth-order valence-electron chi connectivity index (χ4n) is 1.29. The molecule has 0 spiro atoms. The third-order valence-electron chi connectivity index (χ3n) is 2.13. The standard InChI is InChI=1S/C11H14O4/c1-7-3-4-8(9(12)5-7)10(13)6-11(14)15-2/h3-5,10,12-13H,6H2,1-2H3. The molecule has 0 aliphatic carbocycles. The average Bonchev–Trinajstić information content (AvgIpc) is 2.17. The molecule has 0 aliphatic rings. The molecule has 1 atom stereocenters. The number of aliphatic hydroxyl groups excluding tert-OH is 1. The van der Waals surface area contributed by atoms with Crippen molar-refractivity contribution in [3.8, 4) is 5.75 Å². The van der Waals surface area contributed by atoms with Crippen molar-refractivity contribution in [2.75, 3.05) is 7.11 Å². The minimum atomic E-state index is -1.03. The molecule has 0 bridgehead atoms. The fraction of sp³-hybridized carbons (Fsp3) is 0.364. The lowest BCUT2D eigenvalue weighted by atomic mass is 10.0. The van der Waals surface area contributed by atoms with E-state index in [1.165, 1.54) is 13.2 Å². The lowest BCUT2D eigenvalue weighted by molar-refractivity contribution is -0.142. The van der Waals surface area contributed by atoms with Gasteiger partial charge in [-0.1, -0.05) is 12.1 Å². The minimum absolute atomic E-state index is 0.00796. The summed E-state index contributed by atoms with van der Waals surface area (Å²) in [6, 6.07) is 4.89. The van der Waals surface area contributed by atoms with Gasteiger partial charge in [-0.2, -0.15) is 0 Å². The third kappa shape index (κ3) is 2.95. The van der Waals surface area contributed by atoms with Crippen molar-refractivity contribution in [1.82, 2.24) is 0 Å². The summed E-state index contributed by atoms with van der Waals surface area (Å²) in [6.45, 7) is 1.83. The first-order valence-electron chi connectivity index (χ1n) is 4.59. The molecule has 0 aliphatic heterocycles. The Morgan fingerprint density at radius 1 is 1.53 bits per heavy atom. The summed E-state index contributed by atoms with van der Waals surface area (Å²) in [7, 11) is 1.25. The van der Waals surface area contributed by atoms with Crippen LogP contribution in [0.3, 0.4) is 0 Å². The van der Waals surface area contributed by atoms with Gasteiger partial charge in [-0.3, -0.25) is 4.79 Å². The zero-order valence-corrected chi connectivity index (χ0v) is 8.73. The van der Waals surface area contributed by atoms with Gasteiger partial charge < -0.3 is 14.9 Å². The highest BCUT2D eigenvalue weighted by atomic mass is 16.5. The molecule has 0 saturated heterocycles. The van der Waals surface area contributed by atoms with Gasteiger partial charge in [-0.25, -0.2) is 0 Å². The number of phenolic OH excluding ortho intramolecular Hbond substituents is 1. The van der Waals surface area contributed by atoms with Crippen molar-refractivity contribution < 1.29 is 19.7 Å². The summed E-state index contributed by atoms with van der Waals surface area (Å²) in [4.78, 5) is 10.9. The van der Waals surface area contributed by atoms with Crippen LogP contribution in [0.15, 0.2) is 18.2 Å². The number of benzene rings is 1. The van der Waals surface area contributed by atoms with Gasteiger partial charge in [0.15, 0.2) is 0 Å². The fourth-order valence-corrected chi connectivity index (χ4v) is 1.29. The number of ether oxygens (including phenoxy) is 1. The Morgan fingerprint density at radius 2 is 2.20 bits per heavy atom. The molecule has 1 unspecified atom stereocenters. The SMILES string of the molecule is COC(=O)CC(O)c1ccc(C)cc1O. The third-order valence-corrected chi connectivity index (χ3v) is 2.13. The van der Waals surface area contributed by atoms with Gasteiger partial charge in [-0.15, -0.1) is 0 Å². The quantitative estimate of drug-likeness (QED) is 0.738. The van der Waals surface area contributed by atoms with Crippen LogP contribution >= 0.6 is 0 Å². The van der Waals surface area contributed by atoms with E-state index in [1.54, 1.807) is 12.1 Å². The van der Waals surface area contributed by atoms with Crippen LogP contribution < -0.4 is 0 Å². The first-order chi connectivity index (χ1) is 7.04. The lowest BCUT2D eigenvalue weighted by Gasteiger charge is -2.11. The Hall–Kier alpha value is -1.55. The molecular weight excluding hydrogens is 196 g/mol. The summed E-state index contributed by atoms with van der Waals surface area (Å²) in [5, 5.41) is 19.2. The molecule has 4 heteroatoms. The van der Waals surface area contributed by atoms with Gasteiger partial charge in [-0.05, 0) is 18.6 Å². The van der Waals surface area contributed by atoms with Crippen molar-refractivity contribution in [2.45, 2.75) is 19.4 Å². The van der Waals surface area contributed by atoms with E-state index in [2.05, 4.69) is 4.74 Å². The summed E-state index contributed by atoms with van der Waals surface area (Å²) >= 11 is 0. The molecule has 1 aromatic carbocycles. The molecule has 1 rings (SSSR count). The van der Waals surface area contributed by atoms with Crippen molar-refractivity contribution in [3.05, 3.63) is 29.3 Å². The number of hydrogen-bond acceptors (Lipinski definition) is 4. The van der Waals surface area contributed by atoms with Crippen LogP contribution in [-0.2, 0) is 9.53 Å². The van der Waals surface area contributed by atoms with E-state index in [4.69, 9.17) is 0 Å². The molecule has 0 saturated carbocycles. The average molecular weight is 210 g/mol. The number of aryl methyl sites for hydroxylation is 1. The Labute approximate surface area is 88.1 Å². The normalized spacial score (nSPS) is 12.2. The van der Waals surface area contributed by atoms with Gasteiger partial charge in [0.05, 0.1) is 19.6 Å². The maximum absolute atomic E-state index is 10.9. The smallest absolute Gasteiger partial charge is 0.308 e. The summed E-state index contributed by atoms with van der Waals surface area (Å²) < 4.78 is 4.43. The molecule has 82 valence electrons. The second-order valence-electron chi connectivity index (χ2n) is 3.36. The largest absolute Gasteiger partial charge is 0.508 e. The molecule has 0 amide bonds. The van der Waals surface area contributed by atoms with Crippen molar-refractivity contribution in [2.24, 2.45) is 0 Å². The first-order valence-corrected chi connectivity index (χ1v) is 4.59. The number of esters is 1. The number of rotatable bonds is 3. The number of phenols is 1. The number of hydrogen-bond donors (Lipinski definition) is 2. The van der Waals surface area contributed by atoms with Crippen LogP contribution in [0, 0.1) is 6.92 Å². The molecule has 0 aromatic heterocycles. The first kappa shape index (κ1) is 11.5. The number of carbonyl (C=O) groups is 1. The summed E-state index contributed by atoms with van der Waals surface area (Å²) in [5.74, 6) is -0.520. The van der Waals surface area contributed by atoms with E-state index < -0.39 is 12.1 Å². The van der Waals surface area contributed by atoms with E-state index in [0.29, 0.717) is 5.56 Å². The molecular formula is C11H14O4. The highest BCUT2D eigenvalue weighted by molar-refractivity contribution is 5.70. The van der Waals surface area contributed by atoms with Crippen molar-refractivity contribution >= 4 is 5.97 Å². The Balaban J connectivity index is 2.82. The summed E-state index contributed by atoms with van der Waals surface area (Å²) in [6.07, 6.45) is -1.19. The van der Waals surface area contributed by atoms with Crippen LogP contribution in [-0.4, -0.2) is 23.3 Å².